The summed E-state index contributed by atoms with van der Waals surface area (Å²) in [5.41, 5.74) is 1.36. The Morgan fingerprint density at radius 2 is 2.06 bits per heavy atom. The highest BCUT2D eigenvalue weighted by Gasteiger charge is 2.14. The number of pyridine rings is 1. The average Bonchev–Trinajstić information content (AvgIpc) is 2.17. The van der Waals surface area contributed by atoms with Crippen LogP contribution in [-0.4, -0.2) is 24.7 Å². The van der Waals surface area contributed by atoms with Crippen LogP contribution in [0.4, 0.5) is 0 Å². The van der Waals surface area contributed by atoms with Crippen molar-refractivity contribution in [1.82, 2.24) is 10.3 Å². The van der Waals surface area contributed by atoms with E-state index in [0.717, 1.165) is 6.54 Å². The van der Waals surface area contributed by atoms with Crippen molar-refractivity contribution in [2.24, 2.45) is 0 Å². The number of hydrogen-bond acceptors (Lipinski definition) is 3. The normalized spacial score (nSPS) is 13.6. The number of nitrogens with one attached hydrogen (secondary N) is 1. The third-order valence-electron chi connectivity index (χ3n) is 2.42. The molecule has 1 atom stereocenters. The second-order valence-electron chi connectivity index (χ2n) is 5.12. The molecule has 1 N–H and O–H groups in total. The zero-order chi connectivity index (χ0) is 12.2. The van der Waals surface area contributed by atoms with E-state index in [-0.39, 0.29) is 11.5 Å². The molecule has 0 aliphatic rings. The molecule has 0 amide bonds. The fourth-order valence-electron chi connectivity index (χ4n) is 1.43. The number of hydrogen-bond donors (Lipinski definition) is 1. The molecule has 1 heterocycles. The molecule has 0 radical (unpaired) electrons. The Labute approximate surface area is 98.2 Å². The van der Waals surface area contributed by atoms with E-state index in [2.05, 4.69) is 37.1 Å². The summed E-state index contributed by atoms with van der Waals surface area (Å²) >= 11 is 0. The van der Waals surface area contributed by atoms with Gasteiger partial charge in [-0.1, -0.05) is 26.8 Å². The smallest absolute Gasteiger partial charge is 0.213 e. The number of aromatic nitrogens is 1. The van der Waals surface area contributed by atoms with Gasteiger partial charge in [0.2, 0.25) is 5.88 Å². The maximum absolute atomic E-state index is 5.65. The number of likely N-dealkylation sites (N-methyl/N-ethyl adjacent to an activating group) is 1. The van der Waals surface area contributed by atoms with Crippen molar-refractivity contribution in [3.63, 3.8) is 0 Å². The van der Waals surface area contributed by atoms with Crippen molar-refractivity contribution in [3.8, 4) is 5.88 Å². The van der Waals surface area contributed by atoms with E-state index < -0.39 is 0 Å². The number of nitrogens with zero attached hydrogens (tertiary/aromatic N) is 1. The van der Waals surface area contributed by atoms with Crippen LogP contribution in [0.3, 0.4) is 0 Å². The minimum Gasteiger partial charge on any atom is -0.473 e. The van der Waals surface area contributed by atoms with Gasteiger partial charge in [-0.2, -0.15) is 0 Å². The van der Waals surface area contributed by atoms with Gasteiger partial charge in [0, 0.05) is 18.8 Å². The molecule has 0 aliphatic heterocycles. The van der Waals surface area contributed by atoms with Crippen LogP contribution in [0.2, 0.25) is 0 Å². The van der Waals surface area contributed by atoms with Crippen molar-refractivity contribution in [2.75, 3.05) is 13.6 Å². The summed E-state index contributed by atoms with van der Waals surface area (Å²) in [6, 6.07) is 4.02. The summed E-state index contributed by atoms with van der Waals surface area (Å²) in [7, 11) is 1.91. The van der Waals surface area contributed by atoms with Crippen molar-refractivity contribution in [3.05, 3.63) is 23.9 Å². The van der Waals surface area contributed by atoms with Gasteiger partial charge in [-0.05, 0) is 24.9 Å². The second kappa shape index (κ2) is 5.30. The Balaban J connectivity index is 2.65. The highest BCUT2D eigenvalue weighted by molar-refractivity contribution is 5.23. The van der Waals surface area contributed by atoms with E-state index in [0.29, 0.717) is 5.88 Å². The molecule has 3 heteroatoms. The van der Waals surface area contributed by atoms with Crippen LogP contribution in [-0.2, 0) is 5.41 Å². The standard InChI is InChI=1S/C13H22N2O/c1-10(8-14-5)16-12-7-6-11(9-15-12)13(2,3)4/h6-7,9-10,14H,8H2,1-5H3. The summed E-state index contributed by atoms with van der Waals surface area (Å²) in [5, 5.41) is 3.07. The van der Waals surface area contributed by atoms with E-state index in [9.17, 15) is 0 Å². The highest BCUT2D eigenvalue weighted by Crippen LogP contribution is 2.22. The molecular formula is C13H22N2O. The quantitative estimate of drug-likeness (QED) is 0.849. The van der Waals surface area contributed by atoms with Crippen molar-refractivity contribution < 1.29 is 4.74 Å². The summed E-state index contributed by atoms with van der Waals surface area (Å²) in [4.78, 5) is 4.32. The predicted octanol–water partition coefficient (Wildman–Crippen LogP) is 2.37. The number of ether oxygens (including phenoxy) is 1. The van der Waals surface area contributed by atoms with Gasteiger partial charge in [0.15, 0.2) is 0 Å². The fourth-order valence-corrected chi connectivity index (χ4v) is 1.43. The lowest BCUT2D eigenvalue weighted by Gasteiger charge is -2.19. The maximum atomic E-state index is 5.65. The minimum atomic E-state index is 0.137. The van der Waals surface area contributed by atoms with Crippen LogP contribution >= 0.6 is 0 Å². The fraction of sp³-hybridized carbons (Fsp3) is 0.615. The van der Waals surface area contributed by atoms with E-state index in [4.69, 9.17) is 4.74 Å². The third-order valence-corrected chi connectivity index (χ3v) is 2.42. The molecule has 0 saturated carbocycles. The summed E-state index contributed by atoms with van der Waals surface area (Å²) in [6.07, 6.45) is 2.03. The minimum absolute atomic E-state index is 0.137. The zero-order valence-corrected chi connectivity index (χ0v) is 10.9. The molecule has 1 unspecified atom stereocenters. The van der Waals surface area contributed by atoms with Crippen molar-refractivity contribution in [1.29, 1.82) is 0 Å². The van der Waals surface area contributed by atoms with Crippen LogP contribution < -0.4 is 10.1 Å². The first-order valence-electron chi connectivity index (χ1n) is 5.71. The summed E-state index contributed by atoms with van der Waals surface area (Å²) in [6.45, 7) is 9.37. The zero-order valence-electron chi connectivity index (χ0n) is 10.9. The summed E-state index contributed by atoms with van der Waals surface area (Å²) < 4.78 is 5.65. The molecule has 16 heavy (non-hydrogen) atoms. The van der Waals surface area contributed by atoms with Gasteiger partial charge < -0.3 is 10.1 Å². The topological polar surface area (TPSA) is 34.1 Å². The Morgan fingerprint density at radius 1 is 1.38 bits per heavy atom. The van der Waals surface area contributed by atoms with Crippen LogP contribution in [0, 0.1) is 0 Å². The van der Waals surface area contributed by atoms with Gasteiger partial charge in [-0.3, -0.25) is 0 Å². The van der Waals surface area contributed by atoms with Crippen molar-refractivity contribution >= 4 is 0 Å². The molecule has 0 aliphatic carbocycles. The van der Waals surface area contributed by atoms with Gasteiger partial charge in [-0.15, -0.1) is 0 Å². The largest absolute Gasteiger partial charge is 0.473 e. The van der Waals surface area contributed by atoms with E-state index >= 15 is 0 Å². The Bertz CT molecular complexity index is 314. The molecule has 0 spiro atoms. The number of rotatable bonds is 4. The first-order chi connectivity index (χ1) is 7.43. The van der Waals surface area contributed by atoms with Crippen LogP contribution in [0.25, 0.3) is 0 Å². The van der Waals surface area contributed by atoms with Crippen LogP contribution in [0.15, 0.2) is 18.3 Å². The Morgan fingerprint density at radius 3 is 2.50 bits per heavy atom. The lowest BCUT2D eigenvalue weighted by Crippen LogP contribution is -2.26. The lowest BCUT2D eigenvalue weighted by molar-refractivity contribution is 0.211. The second-order valence-corrected chi connectivity index (χ2v) is 5.12. The SMILES string of the molecule is CNCC(C)Oc1ccc(C(C)(C)C)cn1. The molecule has 0 saturated heterocycles. The highest BCUT2D eigenvalue weighted by atomic mass is 16.5. The van der Waals surface area contributed by atoms with E-state index in [1.165, 1.54) is 5.56 Å². The molecule has 1 aromatic heterocycles. The first kappa shape index (κ1) is 13.0. The Hall–Kier alpha value is -1.09. The maximum Gasteiger partial charge on any atom is 0.213 e. The third kappa shape index (κ3) is 3.81. The summed E-state index contributed by atoms with van der Waals surface area (Å²) in [5.74, 6) is 0.691. The first-order valence-corrected chi connectivity index (χ1v) is 5.71. The molecule has 0 fully saturated rings. The van der Waals surface area contributed by atoms with Gasteiger partial charge in [0.1, 0.15) is 6.10 Å². The molecule has 3 nitrogen and oxygen atoms in total. The molecule has 1 aromatic rings. The molecule has 1 rings (SSSR count). The molecular weight excluding hydrogens is 200 g/mol. The Kier molecular flexibility index (Phi) is 4.30. The van der Waals surface area contributed by atoms with Crippen LogP contribution in [0.1, 0.15) is 33.3 Å². The van der Waals surface area contributed by atoms with Gasteiger partial charge >= 0.3 is 0 Å². The van der Waals surface area contributed by atoms with Gasteiger partial charge in [0.25, 0.3) is 0 Å². The lowest BCUT2D eigenvalue weighted by atomic mass is 9.88. The predicted molar refractivity (Wildman–Crippen MR) is 67.0 cm³/mol. The average molecular weight is 222 g/mol. The molecule has 0 aromatic carbocycles. The van der Waals surface area contributed by atoms with Gasteiger partial charge in [-0.25, -0.2) is 4.98 Å². The van der Waals surface area contributed by atoms with Gasteiger partial charge in [0.05, 0.1) is 0 Å². The van der Waals surface area contributed by atoms with E-state index in [1.807, 2.05) is 26.2 Å². The molecule has 90 valence electrons. The monoisotopic (exact) mass is 222 g/mol. The van der Waals surface area contributed by atoms with Crippen molar-refractivity contribution in [2.45, 2.75) is 39.2 Å². The van der Waals surface area contributed by atoms with E-state index in [1.54, 1.807) is 0 Å². The van der Waals surface area contributed by atoms with Crippen LogP contribution in [0.5, 0.6) is 5.88 Å². The molecule has 0 bridgehead atoms.